The first-order chi connectivity index (χ1) is 9.15. The van der Waals surface area contributed by atoms with Gasteiger partial charge in [0.05, 0.1) is 6.61 Å². The van der Waals surface area contributed by atoms with Gasteiger partial charge in [-0.05, 0) is 38.0 Å². The highest BCUT2D eigenvalue weighted by molar-refractivity contribution is 5.80. The Balaban J connectivity index is 2.27. The molecular weight excluding hydrogens is 246 g/mol. The molecule has 19 heavy (non-hydrogen) atoms. The number of nitrogens with one attached hydrogen (secondary N) is 1. The Labute approximate surface area is 114 Å². The summed E-state index contributed by atoms with van der Waals surface area (Å²) in [6.45, 7) is 3.93. The maximum absolute atomic E-state index is 11.5. The number of allylic oxidation sites excluding steroid dienone is 1. The quantitative estimate of drug-likeness (QED) is 0.524. The van der Waals surface area contributed by atoms with Crippen LogP contribution in [0.1, 0.15) is 44.9 Å². The molecule has 1 aliphatic carbocycles. The van der Waals surface area contributed by atoms with Crippen molar-refractivity contribution in [2.75, 3.05) is 6.61 Å². The van der Waals surface area contributed by atoms with E-state index in [0.29, 0.717) is 6.61 Å². The number of rotatable bonds is 8. The van der Waals surface area contributed by atoms with Gasteiger partial charge in [-0.25, -0.2) is 9.59 Å². The first-order valence-corrected chi connectivity index (χ1v) is 6.92. The van der Waals surface area contributed by atoms with Crippen molar-refractivity contribution in [3.8, 4) is 0 Å². The van der Waals surface area contributed by atoms with Crippen LogP contribution in [0.2, 0.25) is 0 Å². The van der Waals surface area contributed by atoms with Gasteiger partial charge in [0, 0.05) is 0 Å². The zero-order valence-electron chi connectivity index (χ0n) is 11.3. The highest BCUT2D eigenvalue weighted by Gasteiger charge is 2.32. The average Bonchev–Trinajstić information content (AvgIpc) is 2.89. The molecule has 5 nitrogen and oxygen atoms in total. The number of aliphatic carboxylic acids is 1. The summed E-state index contributed by atoms with van der Waals surface area (Å²) in [4.78, 5) is 22.7. The summed E-state index contributed by atoms with van der Waals surface area (Å²) in [6, 6.07) is -0.817. The second-order valence-electron chi connectivity index (χ2n) is 4.93. The third-order valence-electron chi connectivity index (χ3n) is 3.45. The minimum absolute atomic E-state index is 0.0332. The number of hydrogen-bond donors (Lipinski definition) is 2. The molecule has 1 amide bonds. The van der Waals surface area contributed by atoms with Crippen LogP contribution in [0.25, 0.3) is 0 Å². The molecule has 0 aromatic carbocycles. The van der Waals surface area contributed by atoms with Crippen molar-refractivity contribution < 1.29 is 19.4 Å². The molecule has 0 aliphatic heterocycles. The van der Waals surface area contributed by atoms with E-state index in [1.54, 1.807) is 0 Å². The van der Waals surface area contributed by atoms with Crippen molar-refractivity contribution in [2.45, 2.75) is 51.0 Å². The van der Waals surface area contributed by atoms with E-state index < -0.39 is 18.1 Å². The lowest BCUT2D eigenvalue weighted by atomic mass is 9.98. The molecule has 1 fully saturated rings. The fourth-order valence-corrected chi connectivity index (χ4v) is 2.40. The highest BCUT2D eigenvalue weighted by Crippen LogP contribution is 2.27. The molecule has 0 spiro atoms. The van der Waals surface area contributed by atoms with E-state index in [-0.39, 0.29) is 5.92 Å². The van der Waals surface area contributed by atoms with Crippen molar-refractivity contribution in [2.24, 2.45) is 5.92 Å². The molecule has 1 unspecified atom stereocenters. The maximum atomic E-state index is 11.5. The molecule has 1 atom stereocenters. The zero-order valence-corrected chi connectivity index (χ0v) is 11.3. The summed E-state index contributed by atoms with van der Waals surface area (Å²) in [5.41, 5.74) is 0. The second-order valence-corrected chi connectivity index (χ2v) is 4.93. The second kappa shape index (κ2) is 8.56. The number of unbranched alkanes of at least 4 members (excludes halogenated alkanes) is 2. The molecule has 1 rings (SSSR count). The number of carboxylic acid groups (broad SMARTS) is 1. The number of carboxylic acids is 1. The van der Waals surface area contributed by atoms with Gasteiger partial charge in [0.2, 0.25) is 0 Å². The van der Waals surface area contributed by atoms with Crippen LogP contribution in [0, 0.1) is 5.92 Å². The van der Waals surface area contributed by atoms with Crippen LogP contribution in [-0.2, 0) is 9.53 Å². The number of hydrogen-bond acceptors (Lipinski definition) is 3. The van der Waals surface area contributed by atoms with Crippen LogP contribution in [0.4, 0.5) is 4.79 Å². The minimum Gasteiger partial charge on any atom is -0.480 e. The predicted molar refractivity (Wildman–Crippen MR) is 71.9 cm³/mol. The molecule has 0 aromatic heterocycles. The monoisotopic (exact) mass is 269 g/mol. The smallest absolute Gasteiger partial charge is 0.407 e. The van der Waals surface area contributed by atoms with Gasteiger partial charge in [-0.1, -0.05) is 18.9 Å². The normalized spacial score (nSPS) is 16.8. The van der Waals surface area contributed by atoms with Gasteiger partial charge < -0.3 is 15.2 Å². The van der Waals surface area contributed by atoms with E-state index in [2.05, 4.69) is 11.9 Å². The molecule has 108 valence electrons. The summed E-state index contributed by atoms with van der Waals surface area (Å²) < 4.78 is 4.98. The standard InChI is InChI=1S/C14H23NO4/c1-2-3-4-7-10-19-14(18)15-12(13(16)17)11-8-5-6-9-11/h2,11-12H,1,3-10H2,(H,15,18)(H,16,17). The Bertz CT molecular complexity index is 311. The topological polar surface area (TPSA) is 75.6 Å². The van der Waals surface area contributed by atoms with Crippen LogP contribution >= 0.6 is 0 Å². The highest BCUT2D eigenvalue weighted by atomic mass is 16.5. The van der Waals surface area contributed by atoms with Gasteiger partial charge in [-0.2, -0.15) is 0 Å². The van der Waals surface area contributed by atoms with Crippen LogP contribution in [0.5, 0.6) is 0 Å². The lowest BCUT2D eigenvalue weighted by Gasteiger charge is -2.20. The van der Waals surface area contributed by atoms with Crippen LogP contribution in [0.15, 0.2) is 12.7 Å². The van der Waals surface area contributed by atoms with Gasteiger partial charge in [-0.3, -0.25) is 0 Å². The van der Waals surface area contributed by atoms with Crippen molar-refractivity contribution in [1.82, 2.24) is 5.32 Å². The molecule has 0 radical (unpaired) electrons. The fourth-order valence-electron chi connectivity index (χ4n) is 2.40. The third-order valence-corrected chi connectivity index (χ3v) is 3.45. The van der Waals surface area contributed by atoms with E-state index in [9.17, 15) is 9.59 Å². The first-order valence-electron chi connectivity index (χ1n) is 6.92. The predicted octanol–water partition coefficient (Wildman–Crippen LogP) is 2.71. The molecule has 5 heteroatoms. The van der Waals surface area contributed by atoms with Crippen LogP contribution in [-0.4, -0.2) is 29.8 Å². The van der Waals surface area contributed by atoms with Crippen molar-refractivity contribution >= 4 is 12.1 Å². The number of alkyl carbamates (subject to hydrolysis) is 1. The molecule has 0 bridgehead atoms. The van der Waals surface area contributed by atoms with Crippen molar-refractivity contribution in [3.63, 3.8) is 0 Å². The lowest BCUT2D eigenvalue weighted by molar-refractivity contribution is -0.140. The molecule has 1 aliphatic rings. The molecule has 0 saturated heterocycles. The van der Waals surface area contributed by atoms with E-state index in [4.69, 9.17) is 9.84 Å². The lowest BCUT2D eigenvalue weighted by Crippen LogP contribution is -2.45. The summed E-state index contributed by atoms with van der Waals surface area (Å²) in [5.74, 6) is -0.943. The van der Waals surface area contributed by atoms with Crippen molar-refractivity contribution in [1.29, 1.82) is 0 Å². The number of amides is 1. The average molecular weight is 269 g/mol. The molecule has 0 heterocycles. The Kier molecular flexibility index (Phi) is 7.00. The van der Waals surface area contributed by atoms with Crippen LogP contribution < -0.4 is 5.32 Å². The van der Waals surface area contributed by atoms with E-state index in [1.807, 2.05) is 6.08 Å². The Morgan fingerprint density at radius 1 is 1.37 bits per heavy atom. The zero-order chi connectivity index (χ0) is 14.1. The minimum atomic E-state index is -0.976. The number of carbonyl (C=O) groups is 2. The number of carbonyl (C=O) groups excluding carboxylic acids is 1. The Morgan fingerprint density at radius 2 is 2.05 bits per heavy atom. The number of ether oxygens (including phenoxy) is 1. The van der Waals surface area contributed by atoms with Gasteiger partial charge in [0.1, 0.15) is 6.04 Å². The summed E-state index contributed by atoms with van der Waals surface area (Å²) in [5, 5.41) is 11.6. The summed E-state index contributed by atoms with van der Waals surface area (Å²) in [6.07, 6.45) is 7.55. The third kappa shape index (κ3) is 5.77. The fraction of sp³-hybridized carbons (Fsp3) is 0.714. The molecular formula is C14H23NO4. The van der Waals surface area contributed by atoms with Crippen molar-refractivity contribution in [3.05, 3.63) is 12.7 Å². The van der Waals surface area contributed by atoms with Gasteiger partial charge in [0.15, 0.2) is 0 Å². The van der Waals surface area contributed by atoms with E-state index in [0.717, 1.165) is 44.9 Å². The molecule has 2 N–H and O–H groups in total. The van der Waals surface area contributed by atoms with Gasteiger partial charge in [0.25, 0.3) is 0 Å². The summed E-state index contributed by atoms with van der Waals surface area (Å²) >= 11 is 0. The van der Waals surface area contributed by atoms with Gasteiger partial charge >= 0.3 is 12.1 Å². The first kappa shape index (κ1) is 15.5. The van der Waals surface area contributed by atoms with Gasteiger partial charge in [-0.15, -0.1) is 6.58 Å². The molecule has 0 aromatic rings. The Hall–Kier alpha value is -1.52. The Morgan fingerprint density at radius 3 is 2.63 bits per heavy atom. The largest absolute Gasteiger partial charge is 0.480 e. The van der Waals surface area contributed by atoms with E-state index >= 15 is 0 Å². The van der Waals surface area contributed by atoms with E-state index in [1.165, 1.54) is 0 Å². The molecule has 1 saturated carbocycles. The summed E-state index contributed by atoms with van der Waals surface area (Å²) in [7, 11) is 0. The maximum Gasteiger partial charge on any atom is 0.407 e. The van der Waals surface area contributed by atoms with Crippen LogP contribution in [0.3, 0.4) is 0 Å². The SMILES string of the molecule is C=CCCCCOC(=O)NC(C(=O)O)C1CCCC1.